The summed E-state index contributed by atoms with van der Waals surface area (Å²) in [4.78, 5) is 0. The Morgan fingerprint density at radius 2 is 2.35 bits per heavy atom. The maximum atomic E-state index is 5.96. The lowest BCUT2D eigenvalue weighted by Crippen LogP contribution is -2.05. The lowest BCUT2D eigenvalue weighted by Gasteiger charge is -2.03. The third-order valence-corrected chi connectivity index (χ3v) is 3.39. The molecule has 0 fully saturated rings. The average molecular weight is 272 g/mol. The number of aromatic nitrogens is 4. The zero-order chi connectivity index (χ0) is 12.3. The third-order valence-electron chi connectivity index (χ3n) is 2.29. The molecule has 0 saturated carbocycles. The molecule has 0 saturated heterocycles. The summed E-state index contributed by atoms with van der Waals surface area (Å²) in [5, 5.41) is 13.4. The first-order valence-corrected chi connectivity index (χ1v) is 6.60. The molecule has 0 amide bonds. The highest BCUT2D eigenvalue weighted by Gasteiger charge is 2.09. The SMILES string of the molecule is CCCNc1snnc1Cn1cc(Cl)c(C)n1. The number of halogens is 1. The maximum Gasteiger partial charge on any atom is 0.135 e. The molecule has 0 unspecified atom stereocenters. The van der Waals surface area contributed by atoms with Gasteiger partial charge in [-0.05, 0) is 13.3 Å². The number of anilines is 1. The van der Waals surface area contributed by atoms with E-state index >= 15 is 0 Å². The van der Waals surface area contributed by atoms with Crippen molar-refractivity contribution < 1.29 is 0 Å². The molecule has 0 radical (unpaired) electrons. The van der Waals surface area contributed by atoms with Gasteiger partial charge in [0, 0.05) is 24.3 Å². The second kappa shape index (κ2) is 5.46. The fourth-order valence-electron chi connectivity index (χ4n) is 1.41. The van der Waals surface area contributed by atoms with Crippen molar-refractivity contribution in [2.45, 2.75) is 26.8 Å². The van der Waals surface area contributed by atoms with E-state index in [0.717, 1.165) is 29.4 Å². The van der Waals surface area contributed by atoms with Gasteiger partial charge in [-0.25, -0.2) is 0 Å². The van der Waals surface area contributed by atoms with Gasteiger partial charge in [0.15, 0.2) is 0 Å². The first kappa shape index (κ1) is 12.3. The van der Waals surface area contributed by atoms with Gasteiger partial charge < -0.3 is 5.32 Å². The van der Waals surface area contributed by atoms with Crippen LogP contribution < -0.4 is 5.32 Å². The summed E-state index contributed by atoms with van der Waals surface area (Å²) in [5.74, 6) is 0. The van der Waals surface area contributed by atoms with Crippen LogP contribution in [0.25, 0.3) is 0 Å². The fraction of sp³-hybridized carbons (Fsp3) is 0.500. The van der Waals surface area contributed by atoms with Crippen molar-refractivity contribution in [1.29, 1.82) is 0 Å². The Balaban J connectivity index is 2.10. The van der Waals surface area contributed by atoms with E-state index < -0.39 is 0 Å². The maximum absolute atomic E-state index is 5.96. The van der Waals surface area contributed by atoms with E-state index in [0.29, 0.717) is 11.6 Å². The molecular weight excluding hydrogens is 258 g/mol. The zero-order valence-corrected chi connectivity index (χ0v) is 11.3. The first-order chi connectivity index (χ1) is 8.20. The smallest absolute Gasteiger partial charge is 0.135 e. The summed E-state index contributed by atoms with van der Waals surface area (Å²) in [6, 6.07) is 0. The van der Waals surface area contributed by atoms with E-state index in [1.165, 1.54) is 11.5 Å². The monoisotopic (exact) mass is 271 g/mol. The van der Waals surface area contributed by atoms with Crippen LogP contribution in [0.2, 0.25) is 5.02 Å². The minimum atomic E-state index is 0.593. The van der Waals surface area contributed by atoms with Gasteiger partial charge in [-0.2, -0.15) is 5.10 Å². The van der Waals surface area contributed by atoms with Gasteiger partial charge in [0.2, 0.25) is 0 Å². The second-order valence-electron chi connectivity index (χ2n) is 3.74. The molecule has 2 aromatic heterocycles. The topological polar surface area (TPSA) is 55.6 Å². The summed E-state index contributed by atoms with van der Waals surface area (Å²) in [7, 11) is 0. The second-order valence-corrected chi connectivity index (χ2v) is 4.90. The van der Waals surface area contributed by atoms with Crippen molar-refractivity contribution in [3.8, 4) is 0 Å². The van der Waals surface area contributed by atoms with Crippen LogP contribution in [-0.2, 0) is 6.54 Å². The highest BCUT2D eigenvalue weighted by atomic mass is 35.5. The van der Waals surface area contributed by atoms with Crippen LogP contribution in [0.5, 0.6) is 0 Å². The lowest BCUT2D eigenvalue weighted by atomic mass is 10.4. The van der Waals surface area contributed by atoms with E-state index in [-0.39, 0.29) is 0 Å². The Hall–Kier alpha value is -1.14. The molecule has 1 N–H and O–H groups in total. The standard InChI is InChI=1S/C10H14ClN5S/c1-3-4-12-10-9(13-15-17-10)6-16-5-8(11)7(2)14-16/h5,12H,3-4,6H2,1-2H3. The number of rotatable bonds is 5. The summed E-state index contributed by atoms with van der Waals surface area (Å²) in [5.41, 5.74) is 1.74. The van der Waals surface area contributed by atoms with Crippen molar-refractivity contribution in [2.75, 3.05) is 11.9 Å². The average Bonchev–Trinajstić information content (AvgIpc) is 2.85. The van der Waals surface area contributed by atoms with Crippen molar-refractivity contribution in [3.05, 3.63) is 22.6 Å². The molecular formula is C10H14ClN5S. The van der Waals surface area contributed by atoms with Crippen molar-refractivity contribution in [1.82, 2.24) is 19.4 Å². The van der Waals surface area contributed by atoms with Gasteiger partial charge in [0.1, 0.15) is 10.7 Å². The van der Waals surface area contributed by atoms with Crippen LogP contribution in [0.3, 0.4) is 0 Å². The molecule has 0 aliphatic carbocycles. The summed E-state index contributed by atoms with van der Waals surface area (Å²) in [6.07, 6.45) is 2.88. The molecule has 0 aromatic carbocycles. The minimum absolute atomic E-state index is 0.593. The van der Waals surface area contributed by atoms with Crippen LogP contribution in [0, 0.1) is 6.92 Å². The predicted octanol–water partition coefficient (Wildman–Crippen LogP) is 2.57. The molecule has 0 bridgehead atoms. The highest BCUT2D eigenvalue weighted by Crippen LogP contribution is 2.20. The van der Waals surface area contributed by atoms with Gasteiger partial charge in [0.25, 0.3) is 0 Å². The minimum Gasteiger partial charge on any atom is -0.374 e. The molecule has 2 rings (SSSR count). The lowest BCUT2D eigenvalue weighted by molar-refractivity contribution is 0.664. The van der Waals surface area contributed by atoms with Crippen LogP contribution in [0.15, 0.2) is 6.20 Å². The van der Waals surface area contributed by atoms with Crippen LogP contribution >= 0.6 is 23.1 Å². The molecule has 0 aliphatic heterocycles. The molecule has 0 atom stereocenters. The van der Waals surface area contributed by atoms with Crippen molar-refractivity contribution in [3.63, 3.8) is 0 Å². The van der Waals surface area contributed by atoms with Gasteiger partial charge in [-0.1, -0.05) is 23.0 Å². The number of aryl methyl sites for hydroxylation is 1. The first-order valence-electron chi connectivity index (χ1n) is 5.45. The third kappa shape index (κ3) is 2.95. The molecule has 0 aliphatic rings. The van der Waals surface area contributed by atoms with E-state index in [2.05, 4.69) is 26.9 Å². The predicted molar refractivity (Wildman–Crippen MR) is 69.8 cm³/mol. The van der Waals surface area contributed by atoms with E-state index in [1.54, 1.807) is 10.9 Å². The Labute approximate surface area is 109 Å². The summed E-state index contributed by atoms with van der Waals surface area (Å²) in [6.45, 7) is 5.53. The van der Waals surface area contributed by atoms with E-state index in [9.17, 15) is 0 Å². The fourth-order valence-corrected chi connectivity index (χ4v) is 2.16. The normalized spacial score (nSPS) is 10.8. The Morgan fingerprint density at radius 3 is 3.00 bits per heavy atom. The highest BCUT2D eigenvalue weighted by molar-refractivity contribution is 7.10. The molecule has 92 valence electrons. The van der Waals surface area contributed by atoms with E-state index in [4.69, 9.17) is 11.6 Å². The molecule has 2 heterocycles. The summed E-state index contributed by atoms with van der Waals surface area (Å²) >= 11 is 7.33. The molecule has 2 aromatic rings. The molecule has 7 heteroatoms. The largest absolute Gasteiger partial charge is 0.374 e. The van der Waals surface area contributed by atoms with Crippen LogP contribution in [-0.4, -0.2) is 25.9 Å². The number of hydrogen-bond acceptors (Lipinski definition) is 5. The number of nitrogens with one attached hydrogen (secondary N) is 1. The zero-order valence-electron chi connectivity index (χ0n) is 9.77. The van der Waals surface area contributed by atoms with Gasteiger partial charge in [-0.15, -0.1) is 5.10 Å². The van der Waals surface area contributed by atoms with Crippen molar-refractivity contribution >= 4 is 28.1 Å². The number of nitrogens with zero attached hydrogens (tertiary/aromatic N) is 4. The van der Waals surface area contributed by atoms with Crippen LogP contribution in [0.4, 0.5) is 5.00 Å². The Kier molecular flexibility index (Phi) is 3.96. The Morgan fingerprint density at radius 1 is 1.53 bits per heavy atom. The molecule has 0 spiro atoms. The van der Waals surface area contributed by atoms with Crippen molar-refractivity contribution in [2.24, 2.45) is 0 Å². The van der Waals surface area contributed by atoms with Crippen LogP contribution in [0.1, 0.15) is 24.7 Å². The Bertz CT molecular complexity index is 473. The van der Waals surface area contributed by atoms with Gasteiger partial charge in [0.05, 0.1) is 17.3 Å². The summed E-state index contributed by atoms with van der Waals surface area (Å²) < 4.78 is 5.74. The number of hydrogen-bond donors (Lipinski definition) is 1. The molecule has 5 nitrogen and oxygen atoms in total. The quantitative estimate of drug-likeness (QED) is 0.908. The van der Waals surface area contributed by atoms with Gasteiger partial charge >= 0.3 is 0 Å². The van der Waals surface area contributed by atoms with Gasteiger partial charge in [-0.3, -0.25) is 4.68 Å². The molecule has 17 heavy (non-hydrogen) atoms. The van der Waals surface area contributed by atoms with E-state index in [1.807, 2.05) is 6.92 Å².